The molecule has 26 heavy (non-hydrogen) atoms. The standard InChI is InChI=1S/C21H19F3N2/c22-21(23,24)16-8-11-19-15(12-16)13-20(14-6-9-17(25)10-7-14)26(19)18-4-2-1-3-5-18/h1-7,9-10,13,16H,8,11-12,25H2. The van der Waals surface area contributed by atoms with Crippen molar-refractivity contribution in [3.63, 3.8) is 0 Å². The summed E-state index contributed by atoms with van der Waals surface area (Å²) >= 11 is 0. The second-order valence-corrected chi connectivity index (χ2v) is 6.78. The van der Waals surface area contributed by atoms with Crippen molar-refractivity contribution in [3.05, 3.63) is 71.9 Å². The lowest BCUT2D eigenvalue weighted by Gasteiger charge is -2.26. The zero-order chi connectivity index (χ0) is 18.3. The molecule has 1 atom stereocenters. The maximum absolute atomic E-state index is 13.2. The first-order chi connectivity index (χ1) is 12.4. The van der Waals surface area contributed by atoms with Crippen LogP contribution in [0.1, 0.15) is 17.7 Å². The molecule has 0 saturated carbocycles. The number of hydrogen-bond donors (Lipinski definition) is 1. The monoisotopic (exact) mass is 356 g/mol. The highest BCUT2D eigenvalue weighted by Crippen LogP contribution is 2.40. The predicted molar refractivity (Wildman–Crippen MR) is 97.2 cm³/mol. The van der Waals surface area contributed by atoms with E-state index in [0.29, 0.717) is 12.1 Å². The van der Waals surface area contributed by atoms with Crippen molar-refractivity contribution in [1.29, 1.82) is 0 Å². The molecule has 2 nitrogen and oxygen atoms in total. The quantitative estimate of drug-likeness (QED) is 0.613. The number of fused-ring (bicyclic) bond motifs is 1. The Morgan fingerprint density at radius 3 is 2.31 bits per heavy atom. The van der Waals surface area contributed by atoms with Crippen molar-refractivity contribution in [2.75, 3.05) is 5.73 Å². The van der Waals surface area contributed by atoms with E-state index in [1.54, 1.807) is 0 Å². The maximum atomic E-state index is 13.2. The highest BCUT2D eigenvalue weighted by atomic mass is 19.4. The van der Waals surface area contributed by atoms with E-state index in [2.05, 4.69) is 4.57 Å². The van der Waals surface area contributed by atoms with Crippen LogP contribution in [0.15, 0.2) is 60.7 Å². The average Bonchev–Trinajstić information content (AvgIpc) is 3.01. The van der Waals surface area contributed by atoms with Gasteiger partial charge in [-0.15, -0.1) is 0 Å². The van der Waals surface area contributed by atoms with Crippen LogP contribution in [-0.2, 0) is 12.8 Å². The van der Waals surface area contributed by atoms with E-state index in [1.165, 1.54) is 0 Å². The molecule has 0 bridgehead atoms. The second-order valence-electron chi connectivity index (χ2n) is 6.78. The Kier molecular flexibility index (Phi) is 4.02. The predicted octanol–water partition coefficient (Wildman–Crippen LogP) is 5.39. The molecule has 134 valence electrons. The van der Waals surface area contributed by atoms with Crippen molar-refractivity contribution < 1.29 is 13.2 Å². The van der Waals surface area contributed by atoms with Gasteiger partial charge in [-0.2, -0.15) is 13.2 Å². The number of nitrogen functional groups attached to an aromatic ring is 1. The molecular formula is C21H19F3N2. The van der Waals surface area contributed by atoms with Crippen molar-refractivity contribution in [2.45, 2.75) is 25.4 Å². The van der Waals surface area contributed by atoms with Gasteiger partial charge in [0.2, 0.25) is 0 Å². The molecule has 4 rings (SSSR count). The van der Waals surface area contributed by atoms with E-state index in [9.17, 15) is 13.2 Å². The van der Waals surface area contributed by atoms with Crippen LogP contribution in [0.4, 0.5) is 18.9 Å². The Morgan fingerprint density at radius 2 is 1.65 bits per heavy atom. The third-order valence-electron chi connectivity index (χ3n) is 5.07. The molecule has 1 aromatic heterocycles. The van der Waals surface area contributed by atoms with Gasteiger partial charge in [0.1, 0.15) is 0 Å². The van der Waals surface area contributed by atoms with Crippen LogP contribution in [0.2, 0.25) is 0 Å². The summed E-state index contributed by atoms with van der Waals surface area (Å²) in [7, 11) is 0. The van der Waals surface area contributed by atoms with Gasteiger partial charge in [0.15, 0.2) is 0 Å². The molecule has 0 amide bonds. The number of hydrogen-bond acceptors (Lipinski definition) is 1. The van der Waals surface area contributed by atoms with Crippen molar-refractivity contribution in [1.82, 2.24) is 4.57 Å². The Labute approximate surface area is 150 Å². The van der Waals surface area contributed by atoms with Crippen LogP contribution in [0.25, 0.3) is 16.9 Å². The number of nitrogens with two attached hydrogens (primary N) is 1. The highest BCUT2D eigenvalue weighted by molar-refractivity contribution is 5.68. The summed E-state index contributed by atoms with van der Waals surface area (Å²) < 4.78 is 41.7. The summed E-state index contributed by atoms with van der Waals surface area (Å²) in [5.41, 5.74) is 11.0. The fourth-order valence-corrected chi connectivity index (χ4v) is 3.75. The molecule has 0 fully saturated rings. The molecule has 3 aromatic rings. The van der Waals surface area contributed by atoms with Crippen molar-refractivity contribution >= 4 is 5.69 Å². The molecule has 1 heterocycles. The molecule has 0 radical (unpaired) electrons. The lowest BCUT2D eigenvalue weighted by atomic mass is 9.87. The minimum Gasteiger partial charge on any atom is -0.399 e. The fraction of sp³-hybridized carbons (Fsp3) is 0.238. The van der Waals surface area contributed by atoms with Crippen LogP contribution in [0, 0.1) is 5.92 Å². The van der Waals surface area contributed by atoms with Crippen LogP contribution in [0.3, 0.4) is 0 Å². The van der Waals surface area contributed by atoms with E-state index in [1.807, 2.05) is 60.7 Å². The molecule has 1 aliphatic rings. The van der Waals surface area contributed by atoms with Gasteiger partial charge in [-0.05, 0) is 60.7 Å². The van der Waals surface area contributed by atoms with Gasteiger partial charge in [-0.3, -0.25) is 0 Å². The normalized spacial score (nSPS) is 17.1. The summed E-state index contributed by atoms with van der Waals surface area (Å²) in [6.45, 7) is 0. The molecule has 0 spiro atoms. The summed E-state index contributed by atoms with van der Waals surface area (Å²) in [6, 6.07) is 19.1. The Morgan fingerprint density at radius 1 is 0.962 bits per heavy atom. The average molecular weight is 356 g/mol. The lowest BCUT2D eigenvalue weighted by molar-refractivity contribution is -0.177. The Bertz CT molecular complexity index is 909. The molecule has 0 aliphatic heterocycles. The molecule has 2 aromatic carbocycles. The fourth-order valence-electron chi connectivity index (χ4n) is 3.75. The van der Waals surface area contributed by atoms with Crippen LogP contribution in [-0.4, -0.2) is 10.7 Å². The number of anilines is 1. The van der Waals surface area contributed by atoms with Gasteiger partial charge in [0.05, 0.1) is 11.6 Å². The number of rotatable bonds is 2. The van der Waals surface area contributed by atoms with E-state index in [-0.39, 0.29) is 12.8 Å². The van der Waals surface area contributed by atoms with Crippen LogP contribution < -0.4 is 5.73 Å². The summed E-state index contributed by atoms with van der Waals surface area (Å²) in [5, 5.41) is 0. The first kappa shape index (κ1) is 16.8. The van der Waals surface area contributed by atoms with Gasteiger partial charge in [0.25, 0.3) is 0 Å². The second kappa shape index (κ2) is 6.24. The number of aromatic nitrogens is 1. The van der Waals surface area contributed by atoms with Gasteiger partial charge in [-0.25, -0.2) is 0 Å². The molecular weight excluding hydrogens is 337 g/mol. The van der Waals surface area contributed by atoms with E-state index < -0.39 is 12.1 Å². The number of nitrogens with zero attached hydrogens (tertiary/aromatic N) is 1. The third kappa shape index (κ3) is 2.98. The minimum atomic E-state index is -4.14. The lowest BCUT2D eigenvalue weighted by Crippen LogP contribution is -2.29. The minimum absolute atomic E-state index is 0.0423. The van der Waals surface area contributed by atoms with E-state index in [4.69, 9.17) is 5.73 Å². The molecule has 1 unspecified atom stereocenters. The van der Waals surface area contributed by atoms with Crippen LogP contribution in [0.5, 0.6) is 0 Å². The largest absolute Gasteiger partial charge is 0.399 e. The van der Waals surface area contributed by atoms with Crippen molar-refractivity contribution in [2.24, 2.45) is 5.92 Å². The topological polar surface area (TPSA) is 30.9 Å². The van der Waals surface area contributed by atoms with Gasteiger partial charge in [-0.1, -0.05) is 30.3 Å². The van der Waals surface area contributed by atoms with E-state index >= 15 is 0 Å². The Hall–Kier alpha value is -2.69. The van der Waals surface area contributed by atoms with Gasteiger partial charge < -0.3 is 10.3 Å². The molecule has 1 aliphatic carbocycles. The summed E-state index contributed by atoms with van der Waals surface area (Å²) in [5.74, 6) is -1.26. The summed E-state index contributed by atoms with van der Waals surface area (Å²) in [6.07, 6.45) is -3.55. The maximum Gasteiger partial charge on any atom is 0.392 e. The first-order valence-electron chi connectivity index (χ1n) is 8.65. The first-order valence-corrected chi connectivity index (χ1v) is 8.65. The van der Waals surface area contributed by atoms with Gasteiger partial charge in [0, 0.05) is 17.1 Å². The molecule has 2 N–H and O–H groups in total. The zero-order valence-corrected chi connectivity index (χ0v) is 14.1. The van der Waals surface area contributed by atoms with Gasteiger partial charge >= 0.3 is 6.18 Å². The zero-order valence-electron chi connectivity index (χ0n) is 14.1. The Balaban J connectivity index is 1.86. The smallest absolute Gasteiger partial charge is 0.392 e. The van der Waals surface area contributed by atoms with E-state index in [0.717, 1.165) is 28.2 Å². The number of halogens is 3. The molecule has 0 saturated heterocycles. The van der Waals surface area contributed by atoms with Crippen molar-refractivity contribution in [3.8, 4) is 16.9 Å². The number of para-hydroxylation sites is 1. The van der Waals surface area contributed by atoms with Crippen LogP contribution >= 0.6 is 0 Å². The SMILES string of the molecule is Nc1ccc(-c2cc3c(n2-c2ccccc2)CCC(C(F)(F)F)C3)cc1. The summed E-state index contributed by atoms with van der Waals surface area (Å²) in [4.78, 5) is 0. The number of alkyl halides is 3. The molecule has 5 heteroatoms. The number of benzene rings is 2. The third-order valence-corrected chi connectivity index (χ3v) is 5.07. The highest BCUT2D eigenvalue weighted by Gasteiger charge is 2.42.